The molecule has 0 aliphatic carbocycles. The van der Waals surface area contributed by atoms with E-state index in [0.717, 1.165) is 21.7 Å². The molecule has 1 amide bonds. The van der Waals surface area contributed by atoms with Gasteiger partial charge in [-0.2, -0.15) is 5.10 Å². The molecule has 7 nitrogen and oxygen atoms in total. The van der Waals surface area contributed by atoms with Crippen LogP contribution in [0.3, 0.4) is 0 Å². The lowest BCUT2D eigenvalue weighted by Crippen LogP contribution is -2.24. The number of carbonyl (C=O) groups excluding carboxylic acids is 1. The minimum Gasteiger partial charge on any atom is -0.368 e. The summed E-state index contributed by atoms with van der Waals surface area (Å²) in [7, 11) is 0. The number of nitrogens with zero attached hydrogens (tertiary/aromatic N) is 3. The minimum absolute atomic E-state index is 0.125. The van der Waals surface area contributed by atoms with Gasteiger partial charge in [-0.3, -0.25) is 9.89 Å². The van der Waals surface area contributed by atoms with E-state index in [1.165, 1.54) is 6.20 Å². The third-order valence-electron chi connectivity index (χ3n) is 4.02. The van der Waals surface area contributed by atoms with Gasteiger partial charge in [0.1, 0.15) is 0 Å². The summed E-state index contributed by atoms with van der Waals surface area (Å²) in [6, 6.07) is 13.4. The van der Waals surface area contributed by atoms with E-state index in [-0.39, 0.29) is 11.9 Å². The number of amides is 1. The Hall–Kier alpha value is -3.52. The number of anilines is 1. The number of aromatic nitrogens is 4. The summed E-state index contributed by atoms with van der Waals surface area (Å²) in [4.78, 5) is 22.1. The lowest BCUT2D eigenvalue weighted by molar-refractivity contribution is 0.0951. The lowest BCUT2D eigenvalue weighted by atomic mass is 10.1. The number of rotatable bonds is 5. The normalized spacial score (nSPS) is 10.7. The van der Waals surface area contributed by atoms with Crippen LogP contribution in [-0.4, -0.2) is 26.1 Å². The van der Waals surface area contributed by atoms with Crippen LogP contribution < -0.4 is 11.1 Å². The second-order valence-corrected chi connectivity index (χ2v) is 6.73. The van der Waals surface area contributed by atoms with Crippen LogP contribution >= 0.6 is 11.3 Å². The van der Waals surface area contributed by atoms with Crippen LogP contribution in [-0.2, 0) is 6.54 Å². The zero-order valence-corrected chi connectivity index (χ0v) is 15.0. The number of hydrogen-bond acceptors (Lipinski definition) is 6. The molecule has 0 aliphatic heterocycles. The standard InChI is InChI=1S/C19H16N6OS/c20-19-22-11-14(16(24-19)12-5-2-1-3-6-12)18(26)21-9-13-10-23-25-17(13)15-7-4-8-27-15/h1-8,10-11H,9H2,(H,21,26)(H,23,25)(H2,20,22,24). The zero-order chi connectivity index (χ0) is 18.6. The van der Waals surface area contributed by atoms with Crippen molar-refractivity contribution in [1.82, 2.24) is 25.5 Å². The van der Waals surface area contributed by atoms with Crippen molar-refractivity contribution in [3.05, 3.63) is 71.4 Å². The van der Waals surface area contributed by atoms with Crippen LogP contribution in [0.25, 0.3) is 21.8 Å². The fourth-order valence-electron chi connectivity index (χ4n) is 2.73. The highest BCUT2D eigenvalue weighted by Gasteiger charge is 2.17. The van der Waals surface area contributed by atoms with Crippen LogP contribution in [0.15, 0.2) is 60.2 Å². The van der Waals surface area contributed by atoms with E-state index >= 15 is 0 Å². The Kier molecular flexibility index (Phi) is 4.63. The first-order chi connectivity index (χ1) is 13.2. The minimum atomic E-state index is -0.271. The quantitative estimate of drug-likeness (QED) is 0.496. The Labute approximate surface area is 159 Å². The van der Waals surface area contributed by atoms with Crippen molar-refractivity contribution in [2.75, 3.05) is 5.73 Å². The van der Waals surface area contributed by atoms with Gasteiger partial charge in [0.25, 0.3) is 5.91 Å². The van der Waals surface area contributed by atoms with Crippen molar-refractivity contribution in [3.63, 3.8) is 0 Å². The van der Waals surface area contributed by atoms with Gasteiger partial charge in [-0.25, -0.2) is 9.97 Å². The van der Waals surface area contributed by atoms with E-state index in [1.807, 2.05) is 47.8 Å². The molecule has 134 valence electrons. The maximum atomic E-state index is 12.8. The number of thiophene rings is 1. The van der Waals surface area contributed by atoms with E-state index in [4.69, 9.17) is 5.73 Å². The molecule has 0 saturated carbocycles. The van der Waals surface area contributed by atoms with Crippen LogP contribution in [0, 0.1) is 0 Å². The SMILES string of the molecule is Nc1ncc(C(=O)NCc2cn[nH]c2-c2cccs2)c(-c2ccccc2)n1. The van der Waals surface area contributed by atoms with Crippen molar-refractivity contribution in [2.24, 2.45) is 0 Å². The average molecular weight is 376 g/mol. The van der Waals surface area contributed by atoms with Gasteiger partial charge in [0.2, 0.25) is 5.95 Å². The molecule has 8 heteroatoms. The molecule has 0 spiro atoms. The molecule has 4 rings (SSSR count). The summed E-state index contributed by atoms with van der Waals surface area (Å²) in [5, 5.41) is 12.0. The largest absolute Gasteiger partial charge is 0.368 e. The molecule has 0 bridgehead atoms. The van der Waals surface area contributed by atoms with E-state index in [0.29, 0.717) is 17.8 Å². The molecule has 0 saturated heterocycles. The smallest absolute Gasteiger partial charge is 0.255 e. The van der Waals surface area contributed by atoms with Gasteiger partial charge in [0, 0.05) is 23.9 Å². The lowest BCUT2D eigenvalue weighted by Gasteiger charge is -2.10. The molecule has 3 aromatic heterocycles. The number of hydrogen-bond donors (Lipinski definition) is 3. The van der Waals surface area contributed by atoms with Crippen LogP contribution in [0.2, 0.25) is 0 Å². The fourth-order valence-corrected chi connectivity index (χ4v) is 3.48. The molecule has 27 heavy (non-hydrogen) atoms. The molecule has 0 fully saturated rings. The first-order valence-corrected chi connectivity index (χ1v) is 9.12. The first kappa shape index (κ1) is 16.9. The molecule has 0 atom stereocenters. The number of nitrogens with two attached hydrogens (primary N) is 1. The van der Waals surface area contributed by atoms with Crippen LogP contribution in [0.4, 0.5) is 5.95 Å². The Bertz CT molecular complexity index is 1060. The highest BCUT2D eigenvalue weighted by molar-refractivity contribution is 7.13. The number of benzene rings is 1. The fraction of sp³-hybridized carbons (Fsp3) is 0.0526. The topological polar surface area (TPSA) is 110 Å². The first-order valence-electron chi connectivity index (χ1n) is 8.24. The number of aromatic amines is 1. The van der Waals surface area contributed by atoms with Crippen LogP contribution in [0.1, 0.15) is 15.9 Å². The Morgan fingerprint density at radius 3 is 2.78 bits per heavy atom. The van der Waals surface area contributed by atoms with Crippen molar-refractivity contribution in [1.29, 1.82) is 0 Å². The molecule has 0 aliphatic rings. The van der Waals surface area contributed by atoms with Crippen molar-refractivity contribution in [2.45, 2.75) is 6.54 Å². The molecule has 3 heterocycles. The highest BCUT2D eigenvalue weighted by atomic mass is 32.1. The van der Waals surface area contributed by atoms with E-state index in [1.54, 1.807) is 17.5 Å². The van der Waals surface area contributed by atoms with Gasteiger partial charge < -0.3 is 11.1 Å². The molecule has 0 unspecified atom stereocenters. The van der Waals surface area contributed by atoms with Crippen molar-refractivity contribution in [3.8, 4) is 21.8 Å². The van der Waals surface area contributed by atoms with Gasteiger partial charge in [0.05, 0.1) is 28.0 Å². The Morgan fingerprint density at radius 2 is 2.00 bits per heavy atom. The number of carbonyl (C=O) groups is 1. The van der Waals surface area contributed by atoms with E-state index < -0.39 is 0 Å². The molecule has 1 aromatic carbocycles. The monoisotopic (exact) mass is 376 g/mol. The summed E-state index contributed by atoms with van der Waals surface area (Å²) < 4.78 is 0. The van der Waals surface area contributed by atoms with Crippen LogP contribution in [0.5, 0.6) is 0 Å². The Balaban J connectivity index is 1.58. The summed E-state index contributed by atoms with van der Waals surface area (Å²) >= 11 is 1.61. The molecular weight excluding hydrogens is 360 g/mol. The summed E-state index contributed by atoms with van der Waals surface area (Å²) in [6.07, 6.45) is 3.17. The van der Waals surface area contributed by atoms with Crippen molar-refractivity contribution < 1.29 is 4.79 Å². The number of nitrogens with one attached hydrogen (secondary N) is 2. The third kappa shape index (κ3) is 3.56. The molecular formula is C19H16N6OS. The van der Waals surface area contributed by atoms with Gasteiger partial charge in [-0.1, -0.05) is 36.4 Å². The second kappa shape index (κ2) is 7.38. The van der Waals surface area contributed by atoms with Gasteiger partial charge in [-0.05, 0) is 11.4 Å². The zero-order valence-electron chi connectivity index (χ0n) is 14.2. The maximum Gasteiger partial charge on any atom is 0.255 e. The number of H-pyrrole nitrogens is 1. The van der Waals surface area contributed by atoms with Gasteiger partial charge in [0.15, 0.2) is 0 Å². The average Bonchev–Trinajstić information content (AvgIpc) is 3.38. The maximum absolute atomic E-state index is 12.8. The molecule has 4 aromatic rings. The summed E-state index contributed by atoms with van der Waals surface area (Å²) in [6.45, 7) is 0.334. The van der Waals surface area contributed by atoms with Gasteiger partial charge >= 0.3 is 0 Å². The summed E-state index contributed by atoms with van der Waals surface area (Å²) in [5.74, 6) is -0.146. The van der Waals surface area contributed by atoms with Gasteiger partial charge in [-0.15, -0.1) is 11.3 Å². The molecule has 4 N–H and O–H groups in total. The predicted molar refractivity (Wildman–Crippen MR) is 105 cm³/mol. The molecule has 0 radical (unpaired) electrons. The van der Waals surface area contributed by atoms with E-state index in [9.17, 15) is 4.79 Å². The van der Waals surface area contributed by atoms with Crippen molar-refractivity contribution >= 4 is 23.2 Å². The second-order valence-electron chi connectivity index (χ2n) is 5.79. The third-order valence-corrected chi connectivity index (χ3v) is 4.91. The predicted octanol–water partition coefficient (Wildman–Crippen LogP) is 3.11. The number of nitrogen functional groups attached to an aromatic ring is 1. The summed E-state index contributed by atoms with van der Waals surface area (Å²) in [5.41, 5.74) is 9.22. The highest BCUT2D eigenvalue weighted by Crippen LogP contribution is 2.26. The Morgan fingerprint density at radius 1 is 1.15 bits per heavy atom. The van der Waals surface area contributed by atoms with E-state index in [2.05, 4.69) is 25.5 Å².